The van der Waals surface area contributed by atoms with Crippen LogP contribution in [0.4, 0.5) is 0 Å². The van der Waals surface area contributed by atoms with Gasteiger partial charge in [-0.3, -0.25) is 0 Å². The van der Waals surface area contributed by atoms with Crippen LogP contribution in [0.25, 0.3) is 0 Å². The lowest BCUT2D eigenvalue weighted by Crippen LogP contribution is -2.20. The molecule has 0 radical (unpaired) electrons. The molecule has 0 aliphatic rings. The molecule has 2 unspecified atom stereocenters. The molecule has 0 bridgehead atoms. The fourth-order valence-electron chi connectivity index (χ4n) is 3.79. The van der Waals surface area contributed by atoms with Crippen molar-refractivity contribution in [2.75, 3.05) is 24.7 Å². The zero-order chi connectivity index (χ0) is 22.4. The van der Waals surface area contributed by atoms with Crippen LogP contribution in [0.15, 0.2) is 30.3 Å². The van der Waals surface area contributed by atoms with Gasteiger partial charge in [0.15, 0.2) is 0 Å². The van der Waals surface area contributed by atoms with E-state index in [1.54, 1.807) is 0 Å². The van der Waals surface area contributed by atoms with Gasteiger partial charge in [-0.1, -0.05) is 114 Å². The van der Waals surface area contributed by atoms with Crippen LogP contribution in [-0.4, -0.2) is 36.7 Å². The summed E-state index contributed by atoms with van der Waals surface area (Å²) in [6.45, 7) is 6.77. The number of hydrogen-bond donors (Lipinski definition) is 0. The summed E-state index contributed by atoms with van der Waals surface area (Å²) in [4.78, 5) is 0. The maximum atomic E-state index is 6.07. The van der Waals surface area contributed by atoms with Crippen LogP contribution in [0.2, 0.25) is 0 Å². The average molecular weight is 451 g/mol. The Bertz CT molecular complexity index is 517. The highest BCUT2D eigenvalue weighted by molar-refractivity contribution is 8.14. The van der Waals surface area contributed by atoms with Gasteiger partial charge in [0.1, 0.15) is 0 Å². The molecule has 1 aromatic rings. The highest BCUT2D eigenvalue weighted by Gasteiger charge is 2.08. The van der Waals surface area contributed by atoms with Gasteiger partial charge in [0.2, 0.25) is 0 Å². The predicted octanol–water partition coefficient (Wildman–Crippen LogP) is 8.40. The topological polar surface area (TPSA) is 18.5 Å². The van der Waals surface area contributed by atoms with Crippen molar-refractivity contribution in [2.45, 2.75) is 110 Å². The van der Waals surface area contributed by atoms with Crippen molar-refractivity contribution in [1.29, 1.82) is 0 Å². The molecule has 2 nitrogen and oxygen atoms in total. The third-order valence-corrected chi connectivity index (χ3v) is 7.56. The van der Waals surface area contributed by atoms with Crippen LogP contribution in [0.5, 0.6) is 0 Å². The molecule has 180 valence electrons. The van der Waals surface area contributed by atoms with Crippen molar-refractivity contribution in [1.82, 2.24) is 0 Å². The van der Waals surface area contributed by atoms with Crippen LogP contribution < -0.4 is 0 Å². The molecule has 3 heteroatoms. The van der Waals surface area contributed by atoms with Crippen molar-refractivity contribution in [3.05, 3.63) is 35.9 Å². The summed E-state index contributed by atoms with van der Waals surface area (Å²) in [7, 11) is 0.430. The Kier molecular flexibility index (Phi) is 19.4. The lowest BCUT2D eigenvalue weighted by atomic mass is 10.1. The summed E-state index contributed by atoms with van der Waals surface area (Å²) < 4.78 is 12.0. The summed E-state index contributed by atoms with van der Waals surface area (Å²) in [5.41, 5.74) is 1.24. The summed E-state index contributed by atoms with van der Waals surface area (Å²) in [5.74, 6) is 6.81. The van der Waals surface area contributed by atoms with E-state index in [4.69, 9.17) is 9.47 Å². The van der Waals surface area contributed by atoms with Gasteiger partial charge in [-0.05, 0) is 36.3 Å². The smallest absolute Gasteiger partial charge is 0.0812 e. The van der Waals surface area contributed by atoms with Crippen molar-refractivity contribution in [2.24, 2.45) is 0 Å². The molecule has 0 amide bonds. The van der Waals surface area contributed by atoms with Gasteiger partial charge in [0.05, 0.1) is 19.3 Å². The largest absolute Gasteiger partial charge is 0.379 e. The van der Waals surface area contributed by atoms with Gasteiger partial charge in [0, 0.05) is 6.61 Å². The minimum absolute atomic E-state index is 0.220. The monoisotopic (exact) mass is 450 g/mol. The van der Waals surface area contributed by atoms with E-state index in [0.717, 1.165) is 26.1 Å². The molecule has 31 heavy (non-hydrogen) atoms. The number of unbranched alkanes of at least 4 members (excludes halogenated alkanes) is 10. The van der Waals surface area contributed by atoms with Crippen LogP contribution >= 0.6 is 10.5 Å². The SMILES string of the molecule is C=S(CC)CCCCCCCCCCCCCOCC(CCC)OCc1ccccc1. The molecular formula is C28H50O2S. The Balaban J connectivity index is 1.86. The van der Waals surface area contributed by atoms with Gasteiger partial charge < -0.3 is 9.47 Å². The first-order valence-corrected chi connectivity index (χ1v) is 14.7. The first-order chi connectivity index (χ1) is 15.3. The van der Waals surface area contributed by atoms with Crippen LogP contribution in [0, 0.1) is 0 Å². The fourth-order valence-corrected chi connectivity index (χ4v) is 4.69. The van der Waals surface area contributed by atoms with Crippen LogP contribution in [0.1, 0.15) is 103 Å². The Labute approximate surface area is 196 Å². The van der Waals surface area contributed by atoms with E-state index in [0.29, 0.717) is 17.1 Å². The average Bonchev–Trinajstić information content (AvgIpc) is 2.80. The predicted molar refractivity (Wildman–Crippen MR) is 142 cm³/mol. The number of rotatable bonds is 22. The van der Waals surface area contributed by atoms with Crippen molar-refractivity contribution in [3.63, 3.8) is 0 Å². The first-order valence-electron chi connectivity index (χ1n) is 13.0. The first kappa shape index (κ1) is 28.4. The van der Waals surface area contributed by atoms with E-state index in [-0.39, 0.29) is 6.10 Å². The third-order valence-electron chi connectivity index (χ3n) is 5.87. The van der Waals surface area contributed by atoms with E-state index in [9.17, 15) is 0 Å². The third kappa shape index (κ3) is 17.6. The van der Waals surface area contributed by atoms with E-state index >= 15 is 0 Å². The minimum atomic E-state index is 0.220. The van der Waals surface area contributed by atoms with Gasteiger partial charge in [-0.25, -0.2) is 0 Å². The fraction of sp³-hybridized carbons (Fsp3) is 0.750. The standard InChI is InChI=1S/C28H50O2S/c1-4-20-28(30-25-27-21-16-15-17-22-27)26-29-23-18-13-11-9-7-6-8-10-12-14-19-24-31(3)5-2/h15-17,21-22,28H,3-14,18-20,23-26H2,1-2H3. The van der Waals surface area contributed by atoms with Crippen LogP contribution in [-0.2, 0) is 16.1 Å². The molecule has 0 aliphatic heterocycles. The zero-order valence-corrected chi connectivity index (χ0v) is 21.4. The quantitative estimate of drug-likeness (QED) is 0.130. The van der Waals surface area contributed by atoms with Crippen molar-refractivity contribution < 1.29 is 9.47 Å². The molecule has 1 rings (SSSR count). The van der Waals surface area contributed by atoms with Gasteiger partial charge in [-0.15, -0.1) is 0 Å². The molecular weight excluding hydrogens is 400 g/mol. The normalized spacial score (nSPS) is 13.4. The van der Waals surface area contributed by atoms with E-state index in [1.807, 2.05) is 6.07 Å². The Morgan fingerprint density at radius 1 is 0.806 bits per heavy atom. The summed E-state index contributed by atoms with van der Waals surface area (Å²) in [6, 6.07) is 10.4. The van der Waals surface area contributed by atoms with Gasteiger partial charge in [-0.2, -0.15) is 10.5 Å². The van der Waals surface area contributed by atoms with Crippen molar-refractivity contribution in [3.8, 4) is 0 Å². The molecule has 1 aromatic carbocycles. The number of benzene rings is 1. The summed E-state index contributed by atoms with van der Waals surface area (Å²) in [5, 5.41) is 0. The van der Waals surface area contributed by atoms with Crippen molar-refractivity contribution >= 4 is 16.4 Å². The lowest BCUT2D eigenvalue weighted by Gasteiger charge is -2.17. The highest BCUT2D eigenvalue weighted by atomic mass is 32.2. The minimum Gasteiger partial charge on any atom is -0.379 e. The molecule has 0 saturated carbocycles. The van der Waals surface area contributed by atoms with E-state index in [2.05, 4.69) is 44.0 Å². The second-order valence-electron chi connectivity index (χ2n) is 8.78. The summed E-state index contributed by atoms with van der Waals surface area (Å²) >= 11 is 0. The molecule has 0 heterocycles. The Morgan fingerprint density at radius 2 is 1.39 bits per heavy atom. The molecule has 0 N–H and O–H groups in total. The molecule has 0 aromatic heterocycles. The van der Waals surface area contributed by atoms with E-state index in [1.165, 1.54) is 87.7 Å². The van der Waals surface area contributed by atoms with E-state index < -0.39 is 0 Å². The number of hydrogen-bond acceptors (Lipinski definition) is 2. The molecule has 2 atom stereocenters. The maximum Gasteiger partial charge on any atom is 0.0812 e. The second kappa shape index (κ2) is 21.2. The van der Waals surface area contributed by atoms with Gasteiger partial charge >= 0.3 is 0 Å². The highest BCUT2D eigenvalue weighted by Crippen LogP contribution is 2.15. The van der Waals surface area contributed by atoms with Crippen LogP contribution in [0.3, 0.4) is 0 Å². The number of ether oxygens (including phenoxy) is 2. The molecule has 0 aliphatic carbocycles. The zero-order valence-electron chi connectivity index (χ0n) is 20.6. The molecule has 0 spiro atoms. The summed E-state index contributed by atoms with van der Waals surface area (Å²) in [6.07, 6.45) is 17.6. The lowest BCUT2D eigenvalue weighted by molar-refractivity contribution is -0.0295. The Morgan fingerprint density at radius 3 is 1.97 bits per heavy atom. The molecule has 0 fully saturated rings. The second-order valence-corrected chi connectivity index (χ2v) is 11.0. The maximum absolute atomic E-state index is 6.07. The molecule has 0 saturated heterocycles. The Hall–Kier alpha value is -0.640. The van der Waals surface area contributed by atoms with Gasteiger partial charge in [0.25, 0.3) is 0 Å².